The lowest BCUT2D eigenvalue weighted by molar-refractivity contribution is -0.141. The standard InChI is InChI=1S/C25H31ClN2O2/c1-2-10-24(29)28(18-20-13-6-9-16-22(20)26)23(17-19-11-4-3-5-12-19)25(30)27-21-14-7-8-15-21/h3-6,9,11-13,16,21,23H,2,7-8,10,14-15,17-18H2,1H3,(H,27,30)/t23-/m1/s1. The number of carbonyl (C=O) groups is 2. The lowest BCUT2D eigenvalue weighted by Gasteiger charge is -2.32. The molecule has 2 aromatic rings. The molecule has 1 aliphatic carbocycles. The minimum atomic E-state index is -0.566. The van der Waals surface area contributed by atoms with Gasteiger partial charge in [-0.3, -0.25) is 9.59 Å². The molecule has 3 rings (SSSR count). The summed E-state index contributed by atoms with van der Waals surface area (Å²) >= 11 is 6.39. The molecule has 160 valence electrons. The number of halogens is 1. The lowest BCUT2D eigenvalue weighted by Crippen LogP contribution is -2.52. The van der Waals surface area contributed by atoms with Gasteiger partial charge < -0.3 is 10.2 Å². The van der Waals surface area contributed by atoms with Gasteiger partial charge in [0.2, 0.25) is 11.8 Å². The van der Waals surface area contributed by atoms with Crippen molar-refractivity contribution in [1.82, 2.24) is 10.2 Å². The molecule has 1 saturated carbocycles. The van der Waals surface area contributed by atoms with Crippen molar-refractivity contribution in [3.05, 3.63) is 70.7 Å². The van der Waals surface area contributed by atoms with Crippen LogP contribution in [0.1, 0.15) is 56.6 Å². The Hall–Kier alpha value is -2.33. The summed E-state index contributed by atoms with van der Waals surface area (Å²) in [6, 6.07) is 17.1. The van der Waals surface area contributed by atoms with Crippen molar-refractivity contribution in [3.63, 3.8) is 0 Å². The molecule has 5 heteroatoms. The van der Waals surface area contributed by atoms with Crippen LogP contribution < -0.4 is 5.32 Å². The third-order valence-electron chi connectivity index (χ3n) is 5.74. The van der Waals surface area contributed by atoms with Crippen molar-refractivity contribution in [3.8, 4) is 0 Å². The zero-order valence-corrected chi connectivity index (χ0v) is 18.4. The number of carbonyl (C=O) groups excluding carboxylic acids is 2. The van der Waals surface area contributed by atoms with Gasteiger partial charge in [0, 0.05) is 30.5 Å². The van der Waals surface area contributed by atoms with Gasteiger partial charge in [0.05, 0.1) is 0 Å². The van der Waals surface area contributed by atoms with E-state index in [1.165, 1.54) is 0 Å². The maximum atomic E-state index is 13.4. The molecule has 0 spiro atoms. The molecule has 2 aromatic carbocycles. The maximum Gasteiger partial charge on any atom is 0.243 e. The topological polar surface area (TPSA) is 49.4 Å². The fraction of sp³-hybridized carbons (Fsp3) is 0.440. The van der Waals surface area contributed by atoms with Crippen LogP contribution in [-0.2, 0) is 22.6 Å². The second kappa shape index (κ2) is 11.2. The van der Waals surface area contributed by atoms with Crippen LogP contribution in [0.5, 0.6) is 0 Å². The van der Waals surface area contributed by atoms with Crippen molar-refractivity contribution in [2.45, 2.75) is 70.5 Å². The molecule has 0 bridgehead atoms. The van der Waals surface area contributed by atoms with Gasteiger partial charge in [-0.25, -0.2) is 0 Å². The predicted molar refractivity (Wildman–Crippen MR) is 121 cm³/mol. The molecule has 1 fully saturated rings. The molecule has 1 N–H and O–H groups in total. The molecule has 0 radical (unpaired) electrons. The SMILES string of the molecule is CCCC(=O)N(Cc1ccccc1Cl)[C@H](Cc1ccccc1)C(=O)NC1CCCC1. The van der Waals surface area contributed by atoms with Crippen LogP contribution in [0, 0.1) is 0 Å². The Kier molecular flexibility index (Phi) is 8.32. The molecule has 0 heterocycles. The van der Waals surface area contributed by atoms with Gasteiger partial charge in [-0.1, -0.05) is 79.9 Å². The van der Waals surface area contributed by atoms with Crippen molar-refractivity contribution in [1.29, 1.82) is 0 Å². The molecule has 4 nitrogen and oxygen atoms in total. The Bertz CT molecular complexity index is 834. The molecule has 0 unspecified atom stereocenters. The van der Waals surface area contributed by atoms with Crippen LogP contribution >= 0.6 is 11.6 Å². The molecule has 30 heavy (non-hydrogen) atoms. The van der Waals surface area contributed by atoms with Crippen LogP contribution in [-0.4, -0.2) is 28.8 Å². The Labute approximate surface area is 184 Å². The molecule has 0 aromatic heterocycles. The van der Waals surface area contributed by atoms with Gasteiger partial charge in [0.1, 0.15) is 6.04 Å². The molecule has 0 saturated heterocycles. The normalized spacial score (nSPS) is 15.0. The third kappa shape index (κ3) is 6.09. The second-order valence-electron chi connectivity index (χ2n) is 8.06. The first-order valence-corrected chi connectivity index (χ1v) is 11.3. The van der Waals surface area contributed by atoms with Gasteiger partial charge in [0.15, 0.2) is 0 Å². The van der Waals surface area contributed by atoms with E-state index < -0.39 is 6.04 Å². The largest absolute Gasteiger partial charge is 0.352 e. The minimum absolute atomic E-state index is 0.0140. The average Bonchev–Trinajstić information content (AvgIpc) is 3.25. The van der Waals surface area contributed by atoms with E-state index in [0.717, 1.165) is 43.2 Å². The zero-order valence-electron chi connectivity index (χ0n) is 17.6. The first-order chi connectivity index (χ1) is 14.6. The van der Waals surface area contributed by atoms with E-state index in [1.807, 2.05) is 61.5 Å². The Morgan fingerprint density at radius 2 is 1.73 bits per heavy atom. The Balaban J connectivity index is 1.90. The highest BCUT2D eigenvalue weighted by Crippen LogP contribution is 2.23. The van der Waals surface area contributed by atoms with Crippen molar-refractivity contribution < 1.29 is 9.59 Å². The smallest absolute Gasteiger partial charge is 0.243 e. The zero-order chi connectivity index (χ0) is 21.3. The van der Waals surface area contributed by atoms with Crippen LogP contribution in [0.3, 0.4) is 0 Å². The Morgan fingerprint density at radius 3 is 2.40 bits per heavy atom. The number of nitrogens with zero attached hydrogens (tertiary/aromatic N) is 1. The number of hydrogen-bond donors (Lipinski definition) is 1. The number of hydrogen-bond acceptors (Lipinski definition) is 2. The van der Waals surface area contributed by atoms with Gasteiger partial charge in [-0.15, -0.1) is 0 Å². The van der Waals surface area contributed by atoms with Crippen molar-refractivity contribution in [2.75, 3.05) is 0 Å². The average molecular weight is 427 g/mol. The fourth-order valence-corrected chi connectivity index (χ4v) is 4.28. The van der Waals surface area contributed by atoms with Gasteiger partial charge in [-0.2, -0.15) is 0 Å². The monoisotopic (exact) mass is 426 g/mol. The highest BCUT2D eigenvalue weighted by Gasteiger charge is 2.32. The van der Waals surface area contributed by atoms with Gasteiger partial charge in [-0.05, 0) is 36.5 Å². The van der Waals surface area contributed by atoms with E-state index in [0.29, 0.717) is 24.4 Å². The number of nitrogens with one attached hydrogen (secondary N) is 1. The third-order valence-corrected chi connectivity index (χ3v) is 6.10. The first-order valence-electron chi connectivity index (χ1n) is 11.0. The second-order valence-corrected chi connectivity index (χ2v) is 8.47. The van der Waals surface area contributed by atoms with Crippen LogP contribution in [0.4, 0.5) is 0 Å². The van der Waals surface area contributed by atoms with Crippen LogP contribution in [0.25, 0.3) is 0 Å². The summed E-state index contributed by atoms with van der Waals surface area (Å²) in [5.41, 5.74) is 1.90. The fourth-order valence-electron chi connectivity index (χ4n) is 4.09. The first kappa shape index (κ1) is 22.4. The molecule has 2 amide bonds. The summed E-state index contributed by atoms with van der Waals surface area (Å²) in [5, 5.41) is 3.82. The summed E-state index contributed by atoms with van der Waals surface area (Å²) in [5.74, 6) is -0.0813. The Morgan fingerprint density at radius 1 is 1.07 bits per heavy atom. The summed E-state index contributed by atoms with van der Waals surface area (Å²) in [6.45, 7) is 2.31. The van der Waals surface area contributed by atoms with Crippen LogP contribution in [0.15, 0.2) is 54.6 Å². The molecular weight excluding hydrogens is 396 g/mol. The highest BCUT2D eigenvalue weighted by molar-refractivity contribution is 6.31. The van der Waals surface area contributed by atoms with E-state index in [-0.39, 0.29) is 17.9 Å². The summed E-state index contributed by atoms with van der Waals surface area (Å²) in [4.78, 5) is 28.3. The van der Waals surface area contributed by atoms with E-state index in [4.69, 9.17) is 11.6 Å². The molecule has 0 aliphatic heterocycles. The predicted octanol–water partition coefficient (Wildman–Crippen LogP) is 5.14. The number of rotatable bonds is 9. The van der Waals surface area contributed by atoms with E-state index in [9.17, 15) is 9.59 Å². The minimum Gasteiger partial charge on any atom is -0.352 e. The molecule has 1 atom stereocenters. The quantitative estimate of drug-likeness (QED) is 0.603. The summed E-state index contributed by atoms with van der Waals surface area (Å²) in [6.07, 6.45) is 5.94. The van der Waals surface area contributed by atoms with Gasteiger partial charge in [0.25, 0.3) is 0 Å². The van der Waals surface area contributed by atoms with E-state index in [1.54, 1.807) is 4.90 Å². The summed E-state index contributed by atoms with van der Waals surface area (Å²) < 4.78 is 0. The van der Waals surface area contributed by atoms with E-state index >= 15 is 0 Å². The lowest BCUT2D eigenvalue weighted by atomic mass is 10.0. The highest BCUT2D eigenvalue weighted by atomic mass is 35.5. The molecule has 1 aliphatic rings. The summed E-state index contributed by atoms with van der Waals surface area (Å²) in [7, 11) is 0. The van der Waals surface area contributed by atoms with Gasteiger partial charge >= 0.3 is 0 Å². The molecular formula is C25H31ClN2O2. The van der Waals surface area contributed by atoms with Crippen molar-refractivity contribution >= 4 is 23.4 Å². The van der Waals surface area contributed by atoms with E-state index in [2.05, 4.69) is 5.32 Å². The number of benzene rings is 2. The van der Waals surface area contributed by atoms with Crippen LogP contribution in [0.2, 0.25) is 5.02 Å². The maximum absolute atomic E-state index is 13.4. The van der Waals surface area contributed by atoms with Crippen molar-refractivity contribution in [2.24, 2.45) is 0 Å². The number of amides is 2.